The first-order valence-corrected chi connectivity index (χ1v) is 9.08. The summed E-state index contributed by atoms with van der Waals surface area (Å²) in [5, 5.41) is 2.89. The van der Waals surface area contributed by atoms with Crippen LogP contribution in [0, 0.1) is 5.82 Å². The molecule has 0 fully saturated rings. The number of carbonyl (C=O) groups is 1. The van der Waals surface area contributed by atoms with Crippen LogP contribution in [0.2, 0.25) is 0 Å². The van der Waals surface area contributed by atoms with Crippen molar-refractivity contribution in [3.05, 3.63) is 84.3 Å². The van der Waals surface area contributed by atoms with E-state index >= 15 is 0 Å². The molecule has 28 heavy (non-hydrogen) atoms. The van der Waals surface area contributed by atoms with Crippen LogP contribution < -0.4 is 5.32 Å². The smallest absolute Gasteiger partial charge is 0.224 e. The van der Waals surface area contributed by atoms with Gasteiger partial charge in [0.2, 0.25) is 5.91 Å². The summed E-state index contributed by atoms with van der Waals surface area (Å²) in [6.07, 6.45) is 1.88. The molecule has 1 amide bonds. The van der Waals surface area contributed by atoms with Crippen LogP contribution in [-0.4, -0.2) is 27.0 Å². The Bertz CT molecular complexity index is 1110. The number of imidazole rings is 1. The zero-order valence-corrected chi connectivity index (χ0v) is 15.2. The van der Waals surface area contributed by atoms with E-state index < -0.39 is 0 Å². The Balaban J connectivity index is 1.49. The average molecular weight is 374 g/mol. The Kier molecular flexibility index (Phi) is 5.10. The molecular weight excluding hydrogens is 355 g/mol. The van der Waals surface area contributed by atoms with Crippen molar-refractivity contribution in [1.82, 2.24) is 19.9 Å². The van der Waals surface area contributed by atoms with E-state index in [-0.39, 0.29) is 18.1 Å². The van der Waals surface area contributed by atoms with E-state index in [4.69, 9.17) is 4.98 Å². The normalized spacial score (nSPS) is 10.9. The molecule has 0 aliphatic heterocycles. The lowest BCUT2D eigenvalue weighted by Crippen LogP contribution is -2.28. The zero-order chi connectivity index (χ0) is 19.3. The number of nitrogens with one attached hydrogen (secondary N) is 1. The van der Waals surface area contributed by atoms with Crippen LogP contribution in [0.5, 0.6) is 0 Å². The molecule has 0 bridgehead atoms. The lowest BCUT2D eigenvalue weighted by Gasteiger charge is -2.10. The van der Waals surface area contributed by atoms with E-state index in [1.54, 1.807) is 18.3 Å². The number of amides is 1. The molecular formula is C22H19FN4O. The largest absolute Gasteiger partial charge is 0.354 e. The molecule has 0 atom stereocenters. The van der Waals surface area contributed by atoms with Gasteiger partial charge in [-0.25, -0.2) is 14.4 Å². The monoisotopic (exact) mass is 374 g/mol. The summed E-state index contributed by atoms with van der Waals surface area (Å²) in [7, 11) is 0. The molecule has 2 aromatic heterocycles. The standard InChI is InChI=1S/C22H19FN4O/c23-18-9-4-6-16(14-18)15-20(28)24-12-13-27-21(17-7-2-1-3-8-17)26-19-10-5-11-25-22(19)27/h1-11,14H,12-13,15H2,(H,24,28). The maximum absolute atomic E-state index is 13.3. The van der Waals surface area contributed by atoms with Crippen molar-refractivity contribution in [1.29, 1.82) is 0 Å². The number of carbonyl (C=O) groups excluding carboxylic acids is 1. The Labute approximate surface area is 161 Å². The van der Waals surface area contributed by atoms with Crippen LogP contribution in [0.1, 0.15) is 5.56 Å². The highest BCUT2D eigenvalue weighted by Crippen LogP contribution is 2.23. The second-order valence-electron chi connectivity index (χ2n) is 6.46. The number of nitrogens with zero attached hydrogens (tertiary/aromatic N) is 3. The Hall–Kier alpha value is -3.54. The molecule has 1 N–H and O–H groups in total. The van der Waals surface area contributed by atoms with Gasteiger partial charge in [0, 0.05) is 24.8 Å². The van der Waals surface area contributed by atoms with E-state index in [9.17, 15) is 9.18 Å². The second-order valence-corrected chi connectivity index (χ2v) is 6.46. The summed E-state index contributed by atoms with van der Waals surface area (Å²) in [5.74, 6) is 0.326. The van der Waals surface area contributed by atoms with E-state index in [1.807, 2.05) is 47.0 Å². The van der Waals surface area contributed by atoms with Gasteiger partial charge >= 0.3 is 0 Å². The Morgan fingerprint density at radius 3 is 2.71 bits per heavy atom. The minimum Gasteiger partial charge on any atom is -0.354 e. The van der Waals surface area contributed by atoms with Crippen molar-refractivity contribution in [3.8, 4) is 11.4 Å². The summed E-state index contributed by atoms with van der Waals surface area (Å²) in [5.41, 5.74) is 3.23. The predicted molar refractivity (Wildman–Crippen MR) is 106 cm³/mol. The molecule has 140 valence electrons. The van der Waals surface area contributed by atoms with Gasteiger partial charge in [-0.2, -0.15) is 0 Å². The van der Waals surface area contributed by atoms with Crippen LogP contribution in [-0.2, 0) is 17.8 Å². The number of benzene rings is 2. The molecule has 5 nitrogen and oxygen atoms in total. The van der Waals surface area contributed by atoms with Crippen molar-refractivity contribution in [2.75, 3.05) is 6.54 Å². The molecule has 0 saturated carbocycles. The molecule has 6 heteroatoms. The minimum atomic E-state index is -0.339. The van der Waals surface area contributed by atoms with Gasteiger partial charge in [-0.1, -0.05) is 42.5 Å². The fraction of sp³-hybridized carbons (Fsp3) is 0.136. The van der Waals surface area contributed by atoms with Crippen LogP contribution >= 0.6 is 0 Å². The van der Waals surface area contributed by atoms with Crippen LogP contribution in [0.15, 0.2) is 72.9 Å². The Morgan fingerprint density at radius 1 is 1.04 bits per heavy atom. The van der Waals surface area contributed by atoms with Gasteiger partial charge in [-0.3, -0.25) is 4.79 Å². The van der Waals surface area contributed by atoms with Crippen molar-refractivity contribution < 1.29 is 9.18 Å². The number of pyridine rings is 1. The van der Waals surface area contributed by atoms with Gasteiger partial charge < -0.3 is 9.88 Å². The first kappa shape index (κ1) is 17.9. The van der Waals surface area contributed by atoms with Crippen molar-refractivity contribution in [2.45, 2.75) is 13.0 Å². The van der Waals surface area contributed by atoms with Crippen molar-refractivity contribution in [2.24, 2.45) is 0 Å². The fourth-order valence-electron chi connectivity index (χ4n) is 3.18. The maximum Gasteiger partial charge on any atom is 0.224 e. The quantitative estimate of drug-likeness (QED) is 0.561. The van der Waals surface area contributed by atoms with E-state index in [1.165, 1.54) is 12.1 Å². The molecule has 4 aromatic rings. The zero-order valence-electron chi connectivity index (χ0n) is 15.2. The third kappa shape index (κ3) is 3.91. The fourth-order valence-corrected chi connectivity index (χ4v) is 3.18. The predicted octanol–water partition coefficient (Wildman–Crippen LogP) is 3.60. The van der Waals surface area contributed by atoms with Crippen molar-refractivity contribution in [3.63, 3.8) is 0 Å². The summed E-state index contributed by atoms with van der Waals surface area (Å²) in [6.45, 7) is 0.961. The molecule has 0 saturated heterocycles. The number of rotatable bonds is 6. The first-order valence-electron chi connectivity index (χ1n) is 9.08. The topological polar surface area (TPSA) is 59.8 Å². The lowest BCUT2D eigenvalue weighted by molar-refractivity contribution is -0.120. The van der Waals surface area contributed by atoms with Crippen LogP contribution in [0.4, 0.5) is 4.39 Å². The van der Waals surface area contributed by atoms with E-state index in [0.29, 0.717) is 18.7 Å². The van der Waals surface area contributed by atoms with Gasteiger partial charge in [0.05, 0.1) is 6.42 Å². The molecule has 2 aromatic carbocycles. The summed E-state index contributed by atoms with van der Waals surface area (Å²) in [6, 6.07) is 19.8. The van der Waals surface area contributed by atoms with Gasteiger partial charge in [0.25, 0.3) is 0 Å². The van der Waals surface area contributed by atoms with Gasteiger partial charge in [0.1, 0.15) is 17.2 Å². The maximum atomic E-state index is 13.3. The molecule has 0 unspecified atom stereocenters. The SMILES string of the molecule is O=C(Cc1cccc(F)c1)NCCn1c(-c2ccccc2)nc2cccnc21. The van der Waals surface area contributed by atoms with Gasteiger partial charge in [-0.05, 0) is 29.8 Å². The number of hydrogen-bond donors (Lipinski definition) is 1. The highest BCUT2D eigenvalue weighted by molar-refractivity contribution is 5.79. The third-order valence-corrected chi connectivity index (χ3v) is 4.45. The minimum absolute atomic E-state index is 0.145. The number of halogens is 1. The second kappa shape index (κ2) is 8.00. The van der Waals surface area contributed by atoms with Gasteiger partial charge in [-0.15, -0.1) is 0 Å². The van der Waals surface area contributed by atoms with Crippen molar-refractivity contribution >= 4 is 17.1 Å². The summed E-state index contributed by atoms with van der Waals surface area (Å²) < 4.78 is 15.3. The highest BCUT2D eigenvalue weighted by Gasteiger charge is 2.13. The summed E-state index contributed by atoms with van der Waals surface area (Å²) in [4.78, 5) is 21.3. The molecule has 0 aliphatic rings. The molecule has 4 rings (SSSR count). The average Bonchev–Trinajstić information content (AvgIpc) is 3.07. The van der Waals surface area contributed by atoms with E-state index in [2.05, 4.69) is 10.3 Å². The number of aromatic nitrogens is 3. The summed E-state index contributed by atoms with van der Waals surface area (Å²) >= 11 is 0. The molecule has 0 radical (unpaired) electrons. The van der Waals surface area contributed by atoms with Gasteiger partial charge in [0.15, 0.2) is 5.65 Å². The Morgan fingerprint density at radius 2 is 1.89 bits per heavy atom. The molecule has 0 spiro atoms. The molecule has 0 aliphatic carbocycles. The number of hydrogen-bond acceptors (Lipinski definition) is 3. The lowest BCUT2D eigenvalue weighted by atomic mass is 10.1. The number of fused-ring (bicyclic) bond motifs is 1. The van der Waals surface area contributed by atoms with E-state index in [0.717, 1.165) is 22.6 Å². The first-order chi connectivity index (χ1) is 13.7. The van der Waals surface area contributed by atoms with Crippen LogP contribution in [0.3, 0.4) is 0 Å². The highest BCUT2D eigenvalue weighted by atomic mass is 19.1. The molecule has 2 heterocycles. The van der Waals surface area contributed by atoms with Crippen LogP contribution in [0.25, 0.3) is 22.6 Å². The third-order valence-electron chi connectivity index (χ3n) is 4.45.